The first kappa shape index (κ1) is 21.8. The van der Waals surface area contributed by atoms with Gasteiger partial charge in [-0.1, -0.05) is 13.0 Å². The number of nitrogens with two attached hydrogens (primary N) is 1. The molecule has 0 radical (unpaired) electrons. The molecule has 0 unspecified atom stereocenters. The lowest BCUT2D eigenvalue weighted by atomic mass is 9.58. The summed E-state index contributed by atoms with van der Waals surface area (Å²) in [5, 5.41) is 14.3. The van der Waals surface area contributed by atoms with Crippen LogP contribution in [0.2, 0.25) is 0 Å². The molecule has 1 fully saturated rings. The predicted octanol–water partition coefficient (Wildman–Crippen LogP) is 4.00. The molecule has 7 rings (SSSR count). The SMILES string of the molecule is [2H]C([2H])([2H])N1C(=O)c2cccc(OC(F)F)c2[C@H]2C[C@@H]1c1nn3ccc(-c4cnc(C5(N)CC(C)(CO)C5)nc4)cc3c12. The van der Waals surface area contributed by atoms with Crippen molar-refractivity contribution >= 4 is 11.4 Å². The van der Waals surface area contributed by atoms with E-state index in [1.807, 2.05) is 19.1 Å². The van der Waals surface area contributed by atoms with Crippen LogP contribution in [0.25, 0.3) is 16.6 Å². The Morgan fingerprint density at radius 2 is 2.00 bits per heavy atom. The number of ether oxygens (including phenoxy) is 1. The third-order valence-electron chi connectivity index (χ3n) is 8.51. The van der Waals surface area contributed by atoms with E-state index < -0.39 is 37.0 Å². The van der Waals surface area contributed by atoms with Gasteiger partial charge in [0, 0.05) is 64.5 Å². The molecule has 9 nitrogen and oxygen atoms in total. The molecular formula is C29H28F2N6O3. The van der Waals surface area contributed by atoms with Gasteiger partial charge in [-0.3, -0.25) is 4.79 Å². The van der Waals surface area contributed by atoms with Crippen molar-refractivity contribution in [2.24, 2.45) is 11.1 Å². The molecule has 2 aliphatic carbocycles. The quantitative estimate of drug-likeness (QED) is 0.386. The number of hydrogen-bond acceptors (Lipinski definition) is 7. The van der Waals surface area contributed by atoms with Gasteiger partial charge in [0.25, 0.3) is 5.91 Å². The number of amides is 1. The Kier molecular flexibility index (Phi) is 4.65. The minimum Gasteiger partial charge on any atom is -0.434 e. The number of nitrogens with zero attached hydrogens (tertiary/aromatic N) is 5. The maximum Gasteiger partial charge on any atom is 0.387 e. The molecule has 3 aromatic heterocycles. The van der Waals surface area contributed by atoms with Gasteiger partial charge in [0.1, 0.15) is 11.6 Å². The lowest BCUT2D eigenvalue weighted by Gasteiger charge is -2.50. The fourth-order valence-corrected chi connectivity index (χ4v) is 6.84. The van der Waals surface area contributed by atoms with E-state index in [0.29, 0.717) is 41.0 Å². The number of aliphatic hydroxyl groups is 1. The first-order valence-corrected chi connectivity index (χ1v) is 13.0. The molecule has 3 N–H and O–H groups in total. The first-order chi connectivity index (χ1) is 20.3. The molecule has 3 aliphatic rings. The second-order valence-corrected chi connectivity index (χ2v) is 11.4. The fourth-order valence-electron chi connectivity index (χ4n) is 6.84. The zero-order valence-corrected chi connectivity index (χ0v) is 21.5. The monoisotopic (exact) mass is 549 g/mol. The highest BCUT2D eigenvalue weighted by Crippen LogP contribution is 2.54. The number of halogens is 2. The number of hydrogen-bond donors (Lipinski definition) is 2. The number of fused-ring (bicyclic) bond motifs is 9. The van der Waals surface area contributed by atoms with Crippen LogP contribution < -0.4 is 10.5 Å². The molecule has 1 amide bonds. The second-order valence-electron chi connectivity index (χ2n) is 11.4. The topological polar surface area (TPSA) is 119 Å². The maximum atomic E-state index is 13.6. The van der Waals surface area contributed by atoms with Crippen LogP contribution in [-0.2, 0) is 5.54 Å². The Morgan fingerprint density at radius 3 is 2.70 bits per heavy atom. The van der Waals surface area contributed by atoms with Crippen molar-refractivity contribution in [3.05, 3.63) is 77.1 Å². The summed E-state index contributed by atoms with van der Waals surface area (Å²) in [6, 6.07) is 6.99. The number of alkyl halides is 2. The predicted molar refractivity (Wildman–Crippen MR) is 141 cm³/mol. The average Bonchev–Trinajstić information content (AvgIpc) is 3.44. The highest BCUT2D eigenvalue weighted by Gasteiger charge is 2.52. The maximum absolute atomic E-state index is 13.6. The van der Waals surface area contributed by atoms with Crippen molar-refractivity contribution in [1.82, 2.24) is 24.5 Å². The molecule has 2 atom stereocenters. The summed E-state index contributed by atoms with van der Waals surface area (Å²) in [4.78, 5) is 23.5. The molecule has 206 valence electrons. The zero-order valence-electron chi connectivity index (χ0n) is 24.5. The minimum atomic E-state index is -3.14. The van der Waals surface area contributed by atoms with Gasteiger partial charge in [-0.2, -0.15) is 13.9 Å². The molecule has 1 aromatic carbocycles. The number of carbonyl (C=O) groups is 1. The smallest absolute Gasteiger partial charge is 0.387 e. The van der Waals surface area contributed by atoms with Crippen LogP contribution in [0.15, 0.2) is 48.9 Å². The molecular weight excluding hydrogens is 518 g/mol. The Hall–Kier alpha value is -3.96. The van der Waals surface area contributed by atoms with Gasteiger partial charge in [-0.05, 0) is 54.5 Å². The molecule has 0 spiro atoms. The molecule has 2 bridgehead atoms. The molecule has 40 heavy (non-hydrogen) atoms. The van der Waals surface area contributed by atoms with Gasteiger partial charge >= 0.3 is 6.61 Å². The van der Waals surface area contributed by atoms with E-state index in [0.717, 1.165) is 10.5 Å². The number of aromatic nitrogens is 4. The third-order valence-corrected chi connectivity index (χ3v) is 8.51. The molecule has 1 saturated carbocycles. The number of carbonyl (C=O) groups excluding carboxylic acids is 1. The average molecular weight is 550 g/mol. The Morgan fingerprint density at radius 1 is 1.23 bits per heavy atom. The van der Waals surface area contributed by atoms with Crippen LogP contribution in [-0.4, -0.2) is 55.7 Å². The van der Waals surface area contributed by atoms with E-state index >= 15 is 0 Å². The number of rotatable bonds is 5. The summed E-state index contributed by atoms with van der Waals surface area (Å²) < 4.78 is 57.9. The summed E-state index contributed by atoms with van der Waals surface area (Å²) in [5.41, 5.74) is 8.92. The van der Waals surface area contributed by atoms with E-state index in [-0.39, 0.29) is 35.3 Å². The number of aliphatic hydroxyl groups excluding tert-OH is 1. The summed E-state index contributed by atoms with van der Waals surface area (Å²) in [5.74, 6) is -1.08. The van der Waals surface area contributed by atoms with E-state index in [1.54, 1.807) is 23.1 Å². The van der Waals surface area contributed by atoms with Crippen molar-refractivity contribution in [1.29, 1.82) is 0 Å². The summed E-state index contributed by atoms with van der Waals surface area (Å²) in [6.07, 6.45) is 6.37. The molecule has 1 aliphatic heterocycles. The van der Waals surface area contributed by atoms with Crippen molar-refractivity contribution in [3.63, 3.8) is 0 Å². The number of benzene rings is 1. The summed E-state index contributed by atoms with van der Waals surface area (Å²) >= 11 is 0. The van der Waals surface area contributed by atoms with Gasteiger partial charge in [0.2, 0.25) is 0 Å². The third kappa shape index (κ3) is 3.57. The highest BCUT2D eigenvalue weighted by molar-refractivity contribution is 5.98. The van der Waals surface area contributed by atoms with Crippen molar-refractivity contribution in [2.45, 2.75) is 50.3 Å². The van der Waals surface area contributed by atoms with Crippen molar-refractivity contribution < 1.29 is 27.5 Å². The van der Waals surface area contributed by atoms with Crippen LogP contribution in [0.3, 0.4) is 0 Å². The molecule has 4 heterocycles. The van der Waals surface area contributed by atoms with Crippen molar-refractivity contribution in [3.8, 4) is 16.9 Å². The van der Waals surface area contributed by atoms with Crippen LogP contribution in [0.5, 0.6) is 5.75 Å². The van der Waals surface area contributed by atoms with Crippen LogP contribution in [0, 0.1) is 5.41 Å². The molecule has 0 saturated heterocycles. The van der Waals surface area contributed by atoms with E-state index in [2.05, 4.69) is 15.1 Å². The largest absolute Gasteiger partial charge is 0.434 e. The van der Waals surface area contributed by atoms with Crippen LogP contribution in [0.1, 0.15) is 75.3 Å². The Bertz CT molecular complexity index is 1770. The van der Waals surface area contributed by atoms with Crippen LogP contribution in [0.4, 0.5) is 8.78 Å². The minimum absolute atomic E-state index is 0.0101. The summed E-state index contributed by atoms with van der Waals surface area (Å²) in [6.45, 7) is -3.93. The fraction of sp³-hybridized carbons (Fsp3) is 0.379. The normalized spacial score (nSPS) is 28.4. The van der Waals surface area contributed by atoms with E-state index in [1.165, 1.54) is 18.2 Å². The molecule has 4 aromatic rings. The molecule has 11 heteroatoms. The van der Waals surface area contributed by atoms with Crippen molar-refractivity contribution in [2.75, 3.05) is 13.6 Å². The second kappa shape index (κ2) is 8.52. The highest BCUT2D eigenvalue weighted by atomic mass is 19.3. The lowest BCUT2D eigenvalue weighted by Crippen LogP contribution is -2.56. The van der Waals surface area contributed by atoms with Gasteiger partial charge in [0.05, 0.1) is 22.8 Å². The standard InChI is InChI=1S/C29H28F2N6O3/c1-28(14-38)12-29(32,13-28)26-33-10-16(11-34-26)15-6-7-37-19(8-15)23-18-9-20(24(23)35-37)36(2)25(39)17-4-3-5-21(22(17)18)40-27(30)31/h3-8,10-11,18,20,27,38H,9,12-14,32H2,1-2H3/t18-,20-,28?,29?/m1/s1/i2D3. The summed E-state index contributed by atoms with van der Waals surface area (Å²) in [7, 11) is 0. The van der Waals surface area contributed by atoms with E-state index in [4.69, 9.17) is 14.6 Å². The van der Waals surface area contributed by atoms with Gasteiger partial charge in [-0.25, -0.2) is 14.5 Å². The van der Waals surface area contributed by atoms with E-state index in [9.17, 15) is 18.7 Å². The number of pyridine rings is 1. The van der Waals surface area contributed by atoms with Gasteiger partial charge < -0.3 is 20.5 Å². The first-order valence-electron chi connectivity index (χ1n) is 14.5. The van der Waals surface area contributed by atoms with Gasteiger partial charge in [-0.15, -0.1) is 0 Å². The van der Waals surface area contributed by atoms with Gasteiger partial charge in [0.15, 0.2) is 0 Å². The zero-order chi connectivity index (χ0) is 30.5. The van der Waals surface area contributed by atoms with Crippen LogP contribution >= 0.6 is 0 Å². The Balaban J connectivity index is 1.34. The lowest BCUT2D eigenvalue weighted by molar-refractivity contribution is -0.0505. The Labute approximate surface area is 232 Å².